The van der Waals surface area contributed by atoms with E-state index in [1.54, 1.807) is 30.5 Å². The van der Waals surface area contributed by atoms with Crippen LogP contribution >= 0.6 is 27.3 Å². The van der Waals surface area contributed by atoms with Gasteiger partial charge in [0.15, 0.2) is 0 Å². The predicted molar refractivity (Wildman–Crippen MR) is 77.2 cm³/mol. The molecule has 1 heterocycles. The van der Waals surface area contributed by atoms with Crippen molar-refractivity contribution in [1.82, 2.24) is 4.72 Å². The number of rotatable bonds is 4. The summed E-state index contributed by atoms with van der Waals surface area (Å²) in [4.78, 5) is 0. The summed E-state index contributed by atoms with van der Waals surface area (Å²) < 4.78 is 40.5. The molecule has 0 saturated heterocycles. The van der Waals surface area contributed by atoms with Gasteiger partial charge < -0.3 is 0 Å². The van der Waals surface area contributed by atoms with Crippen molar-refractivity contribution in [3.05, 3.63) is 51.6 Å². The fourth-order valence-electron chi connectivity index (χ4n) is 1.58. The smallest absolute Gasteiger partial charge is 0.207 e. The van der Waals surface area contributed by atoms with Crippen LogP contribution in [0.1, 0.15) is 18.5 Å². The number of benzene rings is 1. The van der Waals surface area contributed by atoms with E-state index < -0.39 is 16.1 Å². The third kappa shape index (κ3) is 3.42. The normalized spacial score (nSPS) is 13.4. The number of nitrogens with one attached hydrogen (secondary N) is 1. The van der Waals surface area contributed by atoms with Crippen LogP contribution in [0, 0.1) is 5.82 Å². The Balaban J connectivity index is 2.21. The molecular formula is C12H11BrFNO2S2. The topological polar surface area (TPSA) is 46.2 Å². The Labute approximate surface area is 123 Å². The van der Waals surface area contributed by atoms with Gasteiger partial charge in [0.2, 0.25) is 0 Å². The van der Waals surface area contributed by atoms with Crippen LogP contribution in [0.25, 0.3) is 0 Å². The average Bonchev–Trinajstić information content (AvgIpc) is 2.76. The Hall–Kier alpha value is -0.760. The van der Waals surface area contributed by atoms with Gasteiger partial charge in [-0.3, -0.25) is 0 Å². The van der Waals surface area contributed by atoms with Gasteiger partial charge in [-0.1, -0.05) is 12.1 Å². The fraction of sp³-hybridized carbons (Fsp3) is 0.167. The van der Waals surface area contributed by atoms with Crippen molar-refractivity contribution in [2.24, 2.45) is 0 Å². The monoisotopic (exact) mass is 363 g/mol. The minimum atomic E-state index is -3.58. The molecule has 0 fully saturated rings. The van der Waals surface area contributed by atoms with Gasteiger partial charge in [-0.2, -0.15) is 0 Å². The molecule has 7 heteroatoms. The largest absolute Gasteiger partial charge is 0.251 e. The van der Waals surface area contributed by atoms with E-state index in [1.165, 1.54) is 12.1 Å². The van der Waals surface area contributed by atoms with E-state index in [9.17, 15) is 12.8 Å². The summed E-state index contributed by atoms with van der Waals surface area (Å²) >= 11 is 4.34. The van der Waals surface area contributed by atoms with Crippen molar-refractivity contribution in [3.63, 3.8) is 0 Å². The first-order valence-corrected chi connectivity index (χ1v) is 8.56. The highest BCUT2D eigenvalue weighted by atomic mass is 79.9. The lowest BCUT2D eigenvalue weighted by Crippen LogP contribution is -2.26. The van der Waals surface area contributed by atoms with Crippen molar-refractivity contribution in [2.75, 3.05) is 0 Å². The second-order valence-corrected chi connectivity index (χ2v) is 7.63. The molecule has 1 aromatic carbocycles. The van der Waals surface area contributed by atoms with Crippen LogP contribution < -0.4 is 4.72 Å². The summed E-state index contributed by atoms with van der Waals surface area (Å²) in [7, 11) is -3.58. The van der Waals surface area contributed by atoms with Crippen LogP contribution in [-0.2, 0) is 10.0 Å². The fourth-order valence-corrected chi connectivity index (χ4v) is 5.16. The van der Waals surface area contributed by atoms with Crippen molar-refractivity contribution >= 4 is 37.3 Å². The van der Waals surface area contributed by atoms with Gasteiger partial charge in [0.05, 0.1) is 0 Å². The number of hydrogen-bond donors (Lipinski definition) is 1. The third-order valence-corrected chi connectivity index (χ3v) is 6.74. The number of halogens is 2. The molecule has 0 radical (unpaired) electrons. The second kappa shape index (κ2) is 5.70. The van der Waals surface area contributed by atoms with Gasteiger partial charge in [0.25, 0.3) is 10.0 Å². The molecule has 0 saturated carbocycles. The maximum Gasteiger partial charge on any atom is 0.251 e. The highest BCUT2D eigenvalue weighted by Crippen LogP contribution is 2.28. The molecule has 1 aromatic heterocycles. The Morgan fingerprint density at radius 2 is 1.89 bits per heavy atom. The molecule has 2 rings (SSSR count). The van der Waals surface area contributed by atoms with E-state index in [4.69, 9.17) is 0 Å². The van der Waals surface area contributed by atoms with Crippen LogP contribution in [0.15, 0.2) is 44.4 Å². The summed E-state index contributed by atoms with van der Waals surface area (Å²) in [5.74, 6) is -0.347. The van der Waals surface area contributed by atoms with Gasteiger partial charge >= 0.3 is 0 Å². The van der Waals surface area contributed by atoms with Crippen LogP contribution in [0.5, 0.6) is 0 Å². The molecule has 0 spiro atoms. The first kappa shape index (κ1) is 14.6. The molecule has 1 atom stereocenters. The lowest BCUT2D eigenvalue weighted by atomic mass is 10.1. The van der Waals surface area contributed by atoms with Gasteiger partial charge in [0, 0.05) is 10.5 Å². The number of thiophene rings is 1. The zero-order chi connectivity index (χ0) is 14.0. The Morgan fingerprint density at radius 3 is 2.42 bits per heavy atom. The molecule has 0 amide bonds. The first-order valence-electron chi connectivity index (χ1n) is 5.41. The molecule has 3 nitrogen and oxygen atoms in total. The highest BCUT2D eigenvalue weighted by Gasteiger charge is 2.22. The zero-order valence-corrected chi connectivity index (χ0v) is 13.1. The van der Waals surface area contributed by atoms with Crippen molar-refractivity contribution in [1.29, 1.82) is 0 Å². The number of sulfonamides is 1. The Morgan fingerprint density at radius 1 is 1.26 bits per heavy atom. The van der Waals surface area contributed by atoms with Gasteiger partial charge in [-0.15, -0.1) is 11.3 Å². The SMILES string of the molecule is CC(NS(=O)(=O)c1sccc1Br)c1ccc(F)cc1. The maximum atomic E-state index is 12.8. The standard InChI is InChI=1S/C12H11BrFNO2S2/c1-8(9-2-4-10(14)5-3-9)15-19(16,17)12-11(13)6-7-18-12/h2-8,15H,1H3. The minimum Gasteiger partial charge on any atom is -0.207 e. The molecule has 0 bridgehead atoms. The summed E-state index contributed by atoms with van der Waals surface area (Å²) in [6, 6.07) is 6.99. The van der Waals surface area contributed by atoms with Crippen LogP contribution in [0.3, 0.4) is 0 Å². The first-order chi connectivity index (χ1) is 8.90. The van der Waals surface area contributed by atoms with Gasteiger partial charge in [0.1, 0.15) is 10.0 Å². The van der Waals surface area contributed by atoms with E-state index in [2.05, 4.69) is 20.7 Å². The van der Waals surface area contributed by atoms with E-state index >= 15 is 0 Å². The van der Waals surface area contributed by atoms with E-state index in [1.807, 2.05) is 0 Å². The quantitative estimate of drug-likeness (QED) is 0.900. The summed E-state index contributed by atoms with van der Waals surface area (Å²) in [6.07, 6.45) is 0. The van der Waals surface area contributed by atoms with Crippen molar-refractivity contribution < 1.29 is 12.8 Å². The molecule has 1 N–H and O–H groups in total. The van der Waals surface area contributed by atoms with Crippen molar-refractivity contribution in [3.8, 4) is 0 Å². The molecule has 2 aromatic rings. The maximum absolute atomic E-state index is 12.8. The molecule has 0 aliphatic heterocycles. The number of hydrogen-bond acceptors (Lipinski definition) is 3. The molecule has 1 unspecified atom stereocenters. The Kier molecular flexibility index (Phi) is 4.39. The van der Waals surface area contributed by atoms with Gasteiger partial charge in [-0.05, 0) is 52.0 Å². The van der Waals surface area contributed by atoms with Crippen LogP contribution in [-0.4, -0.2) is 8.42 Å². The Bertz CT molecular complexity index is 667. The highest BCUT2D eigenvalue weighted by molar-refractivity contribution is 9.10. The summed E-state index contributed by atoms with van der Waals surface area (Å²) in [5.41, 5.74) is 0.706. The van der Waals surface area contributed by atoms with E-state index in [-0.39, 0.29) is 10.0 Å². The zero-order valence-electron chi connectivity index (χ0n) is 9.93. The van der Waals surface area contributed by atoms with Crippen LogP contribution in [0.4, 0.5) is 4.39 Å². The molecule has 0 aliphatic rings. The van der Waals surface area contributed by atoms with E-state index in [0.29, 0.717) is 10.0 Å². The average molecular weight is 364 g/mol. The van der Waals surface area contributed by atoms with E-state index in [0.717, 1.165) is 11.3 Å². The molecule has 0 aliphatic carbocycles. The molecular weight excluding hydrogens is 353 g/mol. The third-order valence-electron chi connectivity index (χ3n) is 2.53. The van der Waals surface area contributed by atoms with Crippen molar-refractivity contribution in [2.45, 2.75) is 17.2 Å². The predicted octanol–water partition coefficient (Wildman–Crippen LogP) is 3.69. The second-order valence-electron chi connectivity index (χ2n) is 3.95. The van der Waals surface area contributed by atoms with Gasteiger partial charge in [-0.25, -0.2) is 17.5 Å². The lowest BCUT2D eigenvalue weighted by molar-refractivity contribution is 0.568. The minimum absolute atomic E-state index is 0.237. The molecule has 102 valence electrons. The summed E-state index contributed by atoms with van der Waals surface area (Å²) in [5, 5.41) is 1.70. The summed E-state index contributed by atoms with van der Waals surface area (Å²) in [6.45, 7) is 1.71. The van der Waals surface area contributed by atoms with Crippen LogP contribution in [0.2, 0.25) is 0 Å². The lowest BCUT2D eigenvalue weighted by Gasteiger charge is -2.14. The molecule has 19 heavy (non-hydrogen) atoms.